The molecular formula is C15H22ClNO3. The Bertz CT molecular complexity index is 429. The molecule has 1 saturated heterocycles. The van der Waals surface area contributed by atoms with Gasteiger partial charge in [0.05, 0.1) is 25.4 Å². The Hall–Kier alpha value is -0.650. The summed E-state index contributed by atoms with van der Waals surface area (Å²) in [5.41, 5.74) is 0.845. The van der Waals surface area contributed by atoms with Crippen LogP contribution in [-0.4, -0.2) is 53.6 Å². The van der Waals surface area contributed by atoms with Crippen LogP contribution in [-0.2, 0) is 4.74 Å². The molecular weight excluding hydrogens is 278 g/mol. The van der Waals surface area contributed by atoms with Crippen molar-refractivity contribution in [3.8, 4) is 0 Å². The molecule has 0 radical (unpaired) electrons. The first-order valence-electron chi connectivity index (χ1n) is 7.00. The average Bonchev–Trinajstić information content (AvgIpc) is 2.46. The summed E-state index contributed by atoms with van der Waals surface area (Å²) in [6.45, 7) is 4.24. The van der Waals surface area contributed by atoms with Gasteiger partial charge in [0.1, 0.15) is 0 Å². The van der Waals surface area contributed by atoms with Gasteiger partial charge in [-0.3, -0.25) is 4.90 Å². The molecule has 0 amide bonds. The van der Waals surface area contributed by atoms with Crippen LogP contribution in [0.2, 0.25) is 5.02 Å². The average molecular weight is 300 g/mol. The van der Waals surface area contributed by atoms with E-state index in [-0.39, 0.29) is 12.7 Å². The summed E-state index contributed by atoms with van der Waals surface area (Å²) in [6.07, 6.45) is 0.00821. The fourth-order valence-electron chi connectivity index (χ4n) is 2.47. The maximum atomic E-state index is 10.2. The summed E-state index contributed by atoms with van der Waals surface area (Å²) in [5.74, 6) is 0. The third-order valence-corrected chi connectivity index (χ3v) is 4.00. The molecule has 2 N–H and O–H groups in total. The van der Waals surface area contributed by atoms with Gasteiger partial charge < -0.3 is 14.9 Å². The lowest BCUT2D eigenvalue weighted by Crippen LogP contribution is -2.49. The second-order valence-corrected chi connectivity index (χ2v) is 5.78. The van der Waals surface area contributed by atoms with E-state index in [1.54, 1.807) is 12.1 Å². The molecule has 2 rings (SSSR count). The van der Waals surface area contributed by atoms with E-state index in [0.29, 0.717) is 30.6 Å². The molecule has 1 aromatic carbocycles. The molecule has 0 saturated carbocycles. The molecule has 5 heteroatoms. The van der Waals surface area contributed by atoms with Gasteiger partial charge >= 0.3 is 0 Å². The van der Waals surface area contributed by atoms with Crippen LogP contribution < -0.4 is 0 Å². The van der Waals surface area contributed by atoms with Crippen LogP contribution in [0.25, 0.3) is 0 Å². The van der Waals surface area contributed by atoms with E-state index in [1.807, 2.05) is 12.1 Å². The van der Waals surface area contributed by atoms with Crippen molar-refractivity contribution in [2.24, 2.45) is 0 Å². The Morgan fingerprint density at radius 2 is 2.30 bits per heavy atom. The first-order valence-corrected chi connectivity index (χ1v) is 7.38. The molecule has 4 nitrogen and oxygen atoms in total. The number of ether oxygens (including phenoxy) is 1. The lowest BCUT2D eigenvalue weighted by atomic mass is 10.1. The minimum absolute atomic E-state index is 0.0417. The van der Waals surface area contributed by atoms with Crippen LogP contribution in [0, 0.1) is 0 Å². The zero-order chi connectivity index (χ0) is 14.5. The van der Waals surface area contributed by atoms with Crippen molar-refractivity contribution in [2.75, 3.05) is 26.3 Å². The summed E-state index contributed by atoms with van der Waals surface area (Å²) in [7, 11) is 0. The number of aliphatic hydroxyl groups is 2. The Labute approximate surface area is 124 Å². The van der Waals surface area contributed by atoms with Gasteiger partial charge in [0.2, 0.25) is 0 Å². The fourth-order valence-corrected chi connectivity index (χ4v) is 2.66. The van der Waals surface area contributed by atoms with Gasteiger partial charge in [-0.2, -0.15) is 0 Å². The highest BCUT2D eigenvalue weighted by molar-refractivity contribution is 6.30. The van der Waals surface area contributed by atoms with Gasteiger partial charge in [0.25, 0.3) is 0 Å². The second-order valence-electron chi connectivity index (χ2n) is 5.34. The number of hydrogen-bond acceptors (Lipinski definition) is 4. The number of nitrogens with zero attached hydrogens (tertiary/aromatic N) is 1. The van der Waals surface area contributed by atoms with Gasteiger partial charge in [-0.05, 0) is 31.0 Å². The van der Waals surface area contributed by atoms with Gasteiger partial charge in [-0.15, -0.1) is 0 Å². The standard InChI is InChI=1S/C15H22ClNO3/c1-11-10-20-14(9-18)8-17(11)6-5-15(19)12-3-2-4-13(16)7-12/h2-4,7,11,14-15,18-19H,5-6,8-10H2,1H3. The molecule has 0 aromatic heterocycles. The second kappa shape index (κ2) is 7.38. The molecule has 20 heavy (non-hydrogen) atoms. The van der Waals surface area contributed by atoms with Gasteiger partial charge in [-0.25, -0.2) is 0 Å². The lowest BCUT2D eigenvalue weighted by Gasteiger charge is -2.37. The van der Waals surface area contributed by atoms with Crippen LogP contribution in [0.5, 0.6) is 0 Å². The molecule has 1 aliphatic heterocycles. The lowest BCUT2D eigenvalue weighted by molar-refractivity contribution is -0.0800. The maximum Gasteiger partial charge on any atom is 0.0933 e. The van der Waals surface area contributed by atoms with Crippen LogP contribution >= 0.6 is 11.6 Å². The fraction of sp³-hybridized carbons (Fsp3) is 0.600. The number of benzene rings is 1. The van der Waals surface area contributed by atoms with Crippen LogP contribution in [0.4, 0.5) is 0 Å². The van der Waals surface area contributed by atoms with Crippen molar-refractivity contribution in [1.29, 1.82) is 0 Å². The topological polar surface area (TPSA) is 52.9 Å². The summed E-state index contributed by atoms with van der Waals surface area (Å²) >= 11 is 5.93. The molecule has 0 bridgehead atoms. The Morgan fingerprint density at radius 3 is 3.00 bits per heavy atom. The van der Waals surface area contributed by atoms with Crippen LogP contribution in [0.1, 0.15) is 25.0 Å². The highest BCUT2D eigenvalue weighted by Crippen LogP contribution is 2.22. The van der Waals surface area contributed by atoms with E-state index in [1.165, 1.54) is 0 Å². The number of hydrogen-bond donors (Lipinski definition) is 2. The zero-order valence-corrected chi connectivity index (χ0v) is 12.5. The van der Waals surface area contributed by atoms with Gasteiger partial charge in [0, 0.05) is 24.2 Å². The summed E-state index contributed by atoms with van der Waals surface area (Å²) in [4.78, 5) is 2.25. The molecule has 1 heterocycles. The molecule has 3 unspecified atom stereocenters. The molecule has 112 valence electrons. The van der Waals surface area contributed by atoms with E-state index in [9.17, 15) is 5.11 Å². The van der Waals surface area contributed by atoms with Crippen molar-refractivity contribution in [3.05, 3.63) is 34.9 Å². The van der Waals surface area contributed by atoms with E-state index in [2.05, 4.69) is 11.8 Å². The molecule has 3 atom stereocenters. The number of aliphatic hydroxyl groups excluding tert-OH is 2. The van der Waals surface area contributed by atoms with Crippen molar-refractivity contribution in [3.63, 3.8) is 0 Å². The van der Waals surface area contributed by atoms with E-state index < -0.39 is 6.10 Å². The normalized spacial score (nSPS) is 25.6. The van der Waals surface area contributed by atoms with Crippen LogP contribution in [0.3, 0.4) is 0 Å². The highest BCUT2D eigenvalue weighted by atomic mass is 35.5. The minimum atomic E-state index is -0.517. The summed E-state index contributed by atoms with van der Waals surface area (Å²) in [5, 5.41) is 20.0. The molecule has 1 aliphatic rings. The van der Waals surface area contributed by atoms with E-state index in [0.717, 1.165) is 12.1 Å². The third-order valence-electron chi connectivity index (χ3n) is 3.76. The smallest absolute Gasteiger partial charge is 0.0933 e. The molecule has 0 aliphatic carbocycles. The first-order chi connectivity index (χ1) is 9.60. The van der Waals surface area contributed by atoms with Crippen molar-refractivity contribution < 1.29 is 14.9 Å². The molecule has 0 spiro atoms. The quantitative estimate of drug-likeness (QED) is 0.871. The molecule has 1 fully saturated rings. The largest absolute Gasteiger partial charge is 0.394 e. The number of morpholine rings is 1. The zero-order valence-electron chi connectivity index (χ0n) is 11.7. The Balaban J connectivity index is 1.87. The van der Waals surface area contributed by atoms with Crippen molar-refractivity contribution in [2.45, 2.75) is 31.6 Å². The van der Waals surface area contributed by atoms with E-state index in [4.69, 9.17) is 21.4 Å². The summed E-state index contributed by atoms with van der Waals surface area (Å²) < 4.78 is 5.51. The Morgan fingerprint density at radius 1 is 1.50 bits per heavy atom. The molecule has 1 aromatic rings. The van der Waals surface area contributed by atoms with Gasteiger partial charge in [-0.1, -0.05) is 23.7 Å². The third kappa shape index (κ3) is 4.17. The summed E-state index contributed by atoms with van der Waals surface area (Å²) in [6, 6.07) is 7.64. The predicted molar refractivity (Wildman–Crippen MR) is 78.9 cm³/mol. The van der Waals surface area contributed by atoms with E-state index >= 15 is 0 Å². The van der Waals surface area contributed by atoms with Crippen LogP contribution in [0.15, 0.2) is 24.3 Å². The maximum absolute atomic E-state index is 10.2. The van der Waals surface area contributed by atoms with Crippen molar-refractivity contribution >= 4 is 11.6 Å². The highest BCUT2D eigenvalue weighted by Gasteiger charge is 2.25. The first kappa shape index (κ1) is 15.7. The SMILES string of the molecule is CC1COC(CO)CN1CCC(O)c1cccc(Cl)c1. The van der Waals surface area contributed by atoms with Crippen molar-refractivity contribution in [1.82, 2.24) is 4.90 Å². The number of halogens is 1. The monoisotopic (exact) mass is 299 g/mol. The minimum Gasteiger partial charge on any atom is -0.394 e. The van der Waals surface area contributed by atoms with Gasteiger partial charge in [0.15, 0.2) is 0 Å². The Kier molecular flexibility index (Phi) is 5.81. The number of rotatable bonds is 5. The predicted octanol–water partition coefficient (Wildman–Crippen LogP) is 1.85.